The summed E-state index contributed by atoms with van der Waals surface area (Å²) >= 11 is 0. The highest BCUT2D eigenvalue weighted by Gasteiger charge is 2.66. The van der Waals surface area contributed by atoms with Gasteiger partial charge >= 0.3 is 0 Å². The van der Waals surface area contributed by atoms with Crippen LogP contribution in [0.2, 0.25) is 23.2 Å². The average molecular weight is 375 g/mol. The highest BCUT2D eigenvalue weighted by molar-refractivity contribution is 6.83. The lowest BCUT2D eigenvalue weighted by atomic mass is 9.70. The van der Waals surface area contributed by atoms with Crippen molar-refractivity contribution in [3.63, 3.8) is 0 Å². The van der Waals surface area contributed by atoms with E-state index in [-0.39, 0.29) is 22.1 Å². The van der Waals surface area contributed by atoms with Crippen LogP contribution in [0.5, 0.6) is 0 Å². The van der Waals surface area contributed by atoms with Crippen LogP contribution in [-0.2, 0) is 10.2 Å². The molecule has 3 heteroatoms. The minimum atomic E-state index is -1.91. The fourth-order valence-corrected chi connectivity index (χ4v) is 11.7. The van der Waals surface area contributed by atoms with Gasteiger partial charge < -0.3 is 9.90 Å². The van der Waals surface area contributed by atoms with Gasteiger partial charge in [0.15, 0.2) is 0 Å². The first kappa shape index (κ1) is 21.4. The zero-order valence-electron chi connectivity index (χ0n) is 17.6. The first-order chi connectivity index (χ1) is 12.1. The first-order valence-electron chi connectivity index (χ1n) is 10.2. The Morgan fingerprint density at radius 3 is 2.31 bits per heavy atom. The Morgan fingerprint density at radius 1 is 1.19 bits per heavy atom. The van der Waals surface area contributed by atoms with Gasteiger partial charge in [-0.3, -0.25) is 0 Å². The third-order valence-corrected chi connectivity index (χ3v) is 15.8. The van der Waals surface area contributed by atoms with Gasteiger partial charge in [0.25, 0.3) is 0 Å². The Hall–Kier alpha value is -0.933. The van der Waals surface area contributed by atoms with E-state index in [0.29, 0.717) is 12.3 Å². The maximum atomic E-state index is 11.4. The van der Waals surface area contributed by atoms with Crippen molar-refractivity contribution in [3.8, 4) is 0 Å². The molecule has 0 bridgehead atoms. The molecule has 1 saturated carbocycles. The standard InChI is InChI=1S/C23H38O2Si/c1-19(2)21(3,4)26(5,6)23(16-11-17-24)15-10-14-22(23,18-25)20-12-8-7-9-13-20/h7-9,12-13,17,19,25H,10-11,14-16,18H2,1-6H3. The van der Waals surface area contributed by atoms with E-state index < -0.39 is 8.07 Å². The van der Waals surface area contributed by atoms with Gasteiger partial charge in [0.1, 0.15) is 6.29 Å². The number of hydrogen-bond donors (Lipinski definition) is 1. The predicted molar refractivity (Wildman–Crippen MR) is 113 cm³/mol. The number of aldehydes is 1. The molecule has 0 aliphatic heterocycles. The molecule has 1 aliphatic carbocycles. The molecule has 0 aromatic heterocycles. The van der Waals surface area contributed by atoms with Gasteiger partial charge in [-0.05, 0) is 40.8 Å². The molecule has 0 spiro atoms. The maximum absolute atomic E-state index is 11.4. The van der Waals surface area contributed by atoms with E-state index in [2.05, 4.69) is 71.1 Å². The molecule has 26 heavy (non-hydrogen) atoms. The lowest BCUT2D eigenvalue weighted by molar-refractivity contribution is -0.108. The van der Waals surface area contributed by atoms with E-state index in [9.17, 15) is 9.90 Å². The second-order valence-electron chi connectivity index (χ2n) is 9.75. The fourth-order valence-electron chi connectivity index (χ4n) is 5.90. The number of hydrogen-bond acceptors (Lipinski definition) is 2. The van der Waals surface area contributed by atoms with E-state index >= 15 is 0 Å². The third-order valence-electron chi connectivity index (χ3n) is 8.66. The van der Waals surface area contributed by atoms with Gasteiger partial charge in [-0.15, -0.1) is 0 Å². The number of benzene rings is 1. The Labute approximate surface area is 161 Å². The number of rotatable bonds is 8. The first-order valence-corrected chi connectivity index (χ1v) is 13.2. The van der Waals surface area contributed by atoms with Crippen molar-refractivity contribution >= 4 is 14.4 Å². The molecule has 0 saturated heterocycles. The molecule has 2 atom stereocenters. The average Bonchev–Trinajstić information content (AvgIpc) is 3.01. The lowest BCUT2D eigenvalue weighted by Gasteiger charge is -2.61. The third kappa shape index (κ3) is 2.92. The molecule has 1 fully saturated rings. The summed E-state index contributed by atoms with van der Waals surface area (Å²) in [4.78, 5) is 11.4. The number of aliphatic hydroxyl groups excluding tert-OH is 1. The van der Waals surface area contributed by atoms with Crippen molar-refractivity contribution in [2.75, 3.05) is 6.61 Å². The fraction of sp³-hybridized carbons (Fsp3) is 0.696. The highest BCUT2D eigenvalue weighted by atomic mass is 28.3. The van der Waals surface area contributed by atoms with Crippen LogP contribution >= 0.6 is 0 Å². The zero-order chi connectivity index (χ0) is 19.6. The summed E-state index contributed by atoms with van der Waals surface area (Å²) in [6.45, 7) is 14.8. The molecule has 1 aromatic carbocycles. The monoisotopic (exact) mass is 374 g/mol. The maximum Gasteiger partial charge on any atom is 0.120 e. The van der Waals surface area contributed by atoms with Gasteiger partial charge in [0.05, 0.1) is 14.7 Å². The van der Waals surface area contributed by atoms with Crippen molar-refractivity contribution in [1.29, 1.82) is 0 Å². The van der Waals surface area contributed by atoms with E-state index in [1.165, 1.54) is 5.56 Å². The Kier molecular flexibility index (Phi) is 6.24. The van der Waals surface area contributed by atoms with Crippen LogP contribution in [0, 0.1) is 5.92 Å². The Balaban J connectivity index is 2.73. The summed E-state index contributed by atoms with van der Waals surface area (Å²) in [7, 11) is -1.91. The topological polar surface area (TPSA) is 37.3 Å². The number of carbonyl (C=O) groups excluding carboxylic acids is 1. The van der Waals surface area contributed by atoms with Gasteiger partial charge in [-0.2, -0.15) is 0 Å². The van der Waals surface area contributed by atoms with Crippen LogP contribution < -0.4 is 0 Å². The molecule has 0 amide bonds. The van der Waals surface area contributed by atoms with Gasteiger partial charge in [-0.1, -0.05) is 77.5 Å². The predicted octanol–water partition coefficient (Wildman–Crippen LogP) is 5.96. The second kappa shape index (κ2) is 7.59. The molecule has 1 N–H and O–H groups in total. The quantitative estimate of drug-likeness (QED) is 0.450. The summed E-state index contributed by atoms with van der Waals surface area (Å²) in [5.41, 5.74) is 1.05. The molecule has 2 rings (SSSR count). The highest BCUT2D eigenvalue weighted by Crippen LogP contribution is 2.71. The Bertz CT molecular complexity index is 608. The van der Waals surface area contributed by atoms with E-state index in [1.807, 2.05) is 0 Å². The molecule has 1 aliphatic rings. The van der Waals surface area contributed by atoms with Crippen LogP contribution in [0.25, 0.3) is 0 Å². The van der Waals surface area contributed by atoms with Crippen molar-refractivity contribution in [2.24, 2.45) is 5.92 Å². The van der Waals surface area contributed by atoms with Gasteiger partial charge in [0, 0.05) is 11.8 Å². The van der Waals surface area contributed by atoms with Crippen molar-refractivity contribution in [3.05, 3.63) is 35.9 Å². The summed E-state index contributed by atoms with van der Waals surface area (Å²) in [5, 5.41) is 11.1. The normalized spacial score (nSPS) is 27.1. The number of aliphatic hydroxyl groups is 1. The summed E-state index contributed by atoms with van der Waals surface area (Å²) in [6, 6.07) is 10.6. The molecule has 0 radical (unpaired) electrons. The van der Waals surface area contributed by atoms with Crippen molar-refractivity contribution in [2.45, 2.75) is 88.4 Å². The van der Waals surface area contributed by atoms with Crippen molar-refractivity contribution in [1.82, 2.24) is 0 Å². The van der Waals surface area contributed by atoms with E-state index in [1.54, 1.807) is 0 Å². The minimum Gasteiger partial charge on any atom is -0.395 e. The largest absolute Gasteiger partial charge is 0.395 e. The molecule has 2 unspecified atom stereocenters. The minimum absolute atomic E-state index is 0.0325. The van der Waals surface area contributed by atoms with Crippen LogP contribution in [-0.4, -0.2) is 26.1 Å². The smallest absolute Gasteiger partial charge is 0.120 e. The summed E-state index contributed by atoms with van der Waals surface area (Å²) in [5.74, 6) is 0.574. The summed E-state index contributed by atoms with van der Waals surface area (Å²) < 4.78 is 0. The molecule has 1 aromatic rings. The van der Waals surface area contributed by atoms with Crippen molar-refractivity contribution < 1.29 is 9.90 Å². The van der Waals surface area contributed by atoms with Gasteiger partial charge in [0.2, 0.25) is 0 Å². The lowest BCUT2D eigenvalue weighted by Crippen LogP contribution is -2.60. The zero-order valence-corrected chi connectivity index (χ0v) is 18.6. The van der Waals surface area contributed by atoms with Crippen LogP contribution in [0.1, 0.15) is 65.4 Å². The molecule has 0 heterocycles. The summed E-state index contributed by atoms with van der Waals surface area (Å²) in [6.07, 6.45) is 5.88. The molecule has 146 valence electrons. The van der Waals surface area contributed by atoms with Crippen LogP contribution in [0.15, 0.2) is 30.3 Å². The van der Waals surface area contributed by atoms with Gasteiger partial charge in [-0.25, -0.2) is 0 Å². The Morgan fingerprint density at radius 2 is 1.81 bits per heavy atom. The van der Waals surface area contributed by atoms with Crippen LogP contribution in [0.4, 0.5) is 0 Å². The molecular weight excluding hydrogens is 336 g/mol. The second-order valence-corrected chi connectivity index (χ2v) is 15.2. The van der Waals surface area contributed by atoms with Crippen LogP contribution in [0.3, 0.4) is 0 Å². The molecular formula is C23H38O2Si. The SMILES string of the molecule is CC(C)C(C)(C)[Si](C)(C)C1(CCC=O)CCCC1(CO)c1ccccc1. The molecule has 2 nitrogen and oxygen atoms in total. The van der Waals surface area contributed by atoms with E-state index in [0.717, 1.165) is 32.0 Å². The van der Waals surface area contributed by atoms with E-state index in [4.69, 9.17) is 0 Å². The number of carbonyl (C=O) groups is 1.